The lowest BCUT2D eigenvalue weighted by Gasteiger charge is -2.06. The predicted octanol–water partition coefficient (Wildman–Crippen LogP) is 2.77. The molecule has 0 unspecified atom stereocenters. The Morgan fingerprint density at radius 1 is 1.15 bits per heavy atom. The van der Waals surface area contributed by atoms with Crippen molar-refractivity contribution >= 4 is 15.9 Å². The van der Waals surface area contributed by atoms with Crippen LogP contribution in [-0.4, -0.2) is 25.2 Å². The van der Waals surface area contributed by atoms with Gasteiger partial charge < -0.3 is 0 Å². The molecule has 0 aliphatic heterocycles. The van der Waals surface area contributed by atoms with Gasteiger partial charge in [-0.1, -0.05) is 6.07 Å². The van der Waals surface area contributed by atoms with Crippen LogP contribution in [0.3, 0.4) is 0 Å². The highest BCUT2D eigenvalue weighted by Gasteiger charge is 2.16. The molecule has 0 amide bonds. The molecule has 5 nitrogen and oxygen atoms in total. The topological polar surface area (TPSA) is 56.5 Å². The number of benzene rings is 1. The molecular formula is C12H6BrF2N5. The zero-order valence-corrected chi connectivity index (χ0v) is 11.4. The molecule has 8 heteroatoms. The molecule has 0 aliphatic rings. The average Bonchev–Trinajstić information content (AvgIpc) is 2.91. The summed E-state index contributed by atoms with van der Waals surface area (Å²) in [7, 11) is 0. The van der Waals surface area contributed by atoms with E-state index in [-0.39, 0.29) is 11.5 Å². The van der Waals surface area contributed by atoms with Crippen LogP contribution in [0.25, 0.3) is 17.1 Å². The van der Waals surface area contributed by atoms with Gasteiger partial charge in [0.2, 0.25) is 0 Å². The molecule has 3 rings (SSSR count). The lowest BCUT2D eigenvalue weighted by molar-refractivity contribution is 0.501. The number of aromatic nitrogens is 5. The fourth-order valence-electron chi connectivity index (χ4n) is 1.72. The van der Waals surface area contributed by atoms with Crippen molar-refractivity contribution in [1.82, 2.24) is 25.2 Å². The molecule has 2 heterocycles. The van der Waals surface area contributed by atoms with Gasteiger partial charge in [-0.3, -0.25) is 4.98 Å². The molecule has 0 saturated heterocycles. The van der Waals surface area contributed by atoms with Gasteiger partial charge in [0.1, 0.15) is 5.69 Å². The molecule has 2 aromatic heterocycles. The summed E-state index contributed by atoms with van der Waals surface area (Å²) in [6.45, 7) is 0. The largest absolute Gasteiger partial charge is 0.263 e. The highest BCUT2D eigenvalue weighted by molar-refractivity contribution is 9.10. The summed E-state index contributed by atoms with van der Waals surface area (Å²) in [5.41, 5.74) is 0.512. The second-order valence-electron chi connectivity index (χ2n) is 3.88. The van der Waals surface area contributed by atoms with Crippen molar-refractivity contribution in [2.75, 3.05) is 0 Å². The normalized spacial score (nSPS) is 10.8. The first-order valence-corrected chi connectivity index (χ1v) is 6.30. The fourth-order valence-corrected chi connectivity index (χ4v) is 2.08. The van der Waals surface area contributed by atoms with Crippen LogP contribution in [0.4, 0.5) is 8.78 Å². The van der Waals surface area contributed by atoms with Crippen molar-refractivity contribution in [1.29, 1.82) is 0 Å². The molecule has 0 N–H and O–H groups in total. The van der Waals surface area contributed by atoms with Crippen LogP contribution in [0.1, 0.15) is 0 Å². The predicted molar refractivity (Wildman–Crippen MR) is 70.0 cm³/mol. The summed E-state index contributed by atoms with van der Waals surface area (Å²) in [5, 5.41) is 11.0. The minimum absolute atomic E-state index is 0.0648. The Hall–Kier alpha value is -2.22. The Balaban J connectivity index is 2.18. The van der Waals surface area contributed by atoms with Gasteiger partial charge in [-0.25, -0.2) is 8.78 Å². The summed E-state index contributed by atoms with van der Waals surface area (Å²) in [6, 6.07) is 5.54. The number of hydrogen-bond acceptors (Lipinski definition) is 4. The van der Waals surface area contributed by atoms with Gasteiger partial charge >= 0.3 is 0 Å². The highest BCUT2D eigenvalue weighted by Crippen LogP contribution is 2.23. The summed E-state index contributed by atoms with van der Waals surface area (Å²) in [5.74, 6) is -1.70. The Bertz CT molecular complexity index is 774. The SMILES string of the molecule is Fc1cccc(-n2nnnc2-c2cncc(Br)c2)c1F. The van der Waals surface area contributed by atoms with Crippen molar-refractivity contribution in [3.8, 4) is 17.1 Å². The Labute approximate surface area is 120 Å². The molecule has 3 aromatic rings. The van der Waals surface area contributed by atoms with Gasteiger partial charge in [0.25, 0.3) is 0 Å². The number of nitrogens with zero attached hydrogens (tertiary/aromatic N) is 5. The summed E-state index contributed by atoms with van der Waals surface area (Å²) in [4.78, 5) is 3.99. The van der Waals surface area contributed by atoms with E-state index in [0.717, 1.165) is 15.2 Å². The van der Waals surface area contributed by atoms with Crippen molar-refractivity contribution in [2.45, 2.75) is 0 Å². The van der Waals surface area contributed by atoms with Crippen molar-refractivity contribution < 1.29 is 8.78 Å². The zero-order chi connectivity index (χ0) is 14.1. The van der Waals surface area contributed by atoms with E-state index in [9.17, 15) is 8.78 Å². The molecule has 0 saturated carbocycles. The van der Waals surface area contributed by atoms with Crippen LogP contribution in [0.5, 0.6) is 0 Å². The summed E-state index contributed by atoms with van der Waals surface area (Å²) < 4.78 is 29.0. The molecule has 0 radical (unpaired) electrons. The third kappa shape index (κ3) is 2.18. The quantitative estimate of drug-likeness (QED) is 0.721. The molecule has 0 atom stereocenters. The number of tetrazole rings is 1. The average molecular weight is 338 g/mol. The fraction of sp³-hybridized carbons (Fsp3) is 0. The molecule has 0 aliphatic carbocycles. The van der Waals surface area contributed by atoms with Gasteiger partial charge in [-0.15, -0.1) is 5.10 Å². The van der Waals surface area contributed by atoms with E-state index in [2.05, 4.69) is 36.4 Å². The Morgan fingerprint density at radius 3 is 2.80 bits per heavy atom. The van der Waals surface area contributed by atoms with E-state index in [1.54, 1.807) is 12.3 Å². The van der Waals surface area contributed by atoms with E-state index in [4.69, 9.17) is 0 Å². The van der Waals surface area contributed by atoms with Gasteiger partial charge in [0, 0.05) is 22.4 Å². The van der Waals surface area contributed by atoms with E-state index in [1.165, 1.54) is 18.3 Å². The van der Waals surface area contributed by atoms with Crippen LogP contribution in [0.2, 0.25) is 0 Å². The number of rotatable bonds is 2. The summed E-state index contributed by atoms with van der Waals surface area (Å²) >= 11 is 3.28. The van der Waals surface area contributed by atoms with Gasteiger partial charge in [0.15, 0.2) is 17.5 Å². The first kappa shape index (κ1) is 12.8. The maximum atomic E-state index is 13.8. The summed E-state index contributed by atoms with van der Waals surface area (Å²) in [6.07, 6.45) is 3.13. The molecule has 0 spiro atoms. The lowest BCUT2D eigenvalue weighted by atomic mass is 10.2. The molecule has 100 valence electrons. The molecule has 20 heavy (non-hydrogen) atoms. The maximum Gasteiger partial charge on any atom is 0.188 e. The Morgan fingerprint density at radius 2 is 2.00 bits per heavy atom. The van der Waals surface area contributed by atoms with Gasteiger partial charge in [-0.05, 0) is 44.6 Å². The van der Waals surface area contributed by atoms with Crippen molar-refractivity contribution in [3.05, 3.63) is 52.8 Å². The minimum Gasteiger partial charge on any atom is -0.263 e. The van der Waals surface area contributed by atoms with E-state index < -0.39 is 11.6 Å². The second-order valence-corrected chi connectivity index (χ2v) is 4.79. The third-order valence-corrected chi connectivity index (χ3v) is 3.03. The zero-order valence-electron chi connectivity index (χ0n) is 9.83. The van der Waals surface area contributed by atoms with E-state index in [1.807, 2.05) is 0 Å². The second kappa shape index (κ2) is 5.04. The molecule has 0 bridgehead atoms. The first-order chi connectivity index (χ1) is 9.66. The first-order valence-electron chi connectivity index (χ1n) is 5.50. The van der Waals surface area contributed by atoms with Crippen molar-refractivity contribution in [3.63, 3.8) is 0 Å². The van der Waals surface area contributed by atoms with E-state index >= 15 is 0 Å². The van der Waals surface area contributed by atoms with Crippen molar-refractivity contribution in [2.24, 2.45) is 0 Å². The van der Waals surface area contributed by atoms with Gasteiger partial charge in [-0.2, -0.15) is 4.68 Å². The lowest BCUT2D eigenvalue weighted by Crippen LogP contribution is -2.04. The third-order valence-electron chi connectivity index (χ3n) is 2.59. The molecule has 1 aromatic carbocycles. The van der Waals surface area contributed by atoms with Crippen LogP contribution in [0.15, 0.2) is 41.1 Å². The number of halogens is 3. The maximum absolute atomic E-state index is 13.8. The molecule has 0 fully saturated rings. The van der Waals surface area contributed by atoms with E-state index in [0.29, 0.717) is 5.56 Å². The number of pyridine rings is 1. The van der Waals surface area contributed by atoms with Crippen LogP contribution in [-0.2, 0) is 0 Å². The van der Waals surface area contributed by atoms with Crippen LogP contribution >= 0.6 is 15.9 Å². The monoisotopic (exact) mass is 337 g/mol. The van der Waals surface area contributed by atoms with Crippen LogP contribution in [0, 0.1) is 11.6 Å². The van der Waals surface area contributed by atoms with Gasteiger partial charge in [0.05, 0.1) is 0 Å². The Kier molecular flexibility index (Phi) is 3.23. The molecular weight excluding hydrogens is 332 g/mol. The van der Waals surface area contributed by atoms with Crippen LogP contribution < -0.4 is 0 Å². The minimum atomic E-state index is -1.01. The standard InChI is InChI=1S/C12H6BrF2N5/c13-8-4-7(5-16-6-8)12-17-18-19-20(12)10-3-1-2-9(14)11(10)15/h1-6H. The smallest absolute Gasteiger partial charge is 0.188 e. The highest BCUT2D eigenvalue weighted by atomic mass is 79.9. The number of hydrogen-bond donors (Lipinski definition) is 0.